The average molecular weight is 339 g/mol. The molecule has 0 aliphatic carbocycles. The molecule has 134 valence electrons. The number of nitrogens with zero attached hydrogens (tertiary/aromatic N) is 3. The Morgan fingerprint density at radius 3 is 2.71 bits per heavy atom. The van der Waals surface area contributed by atoms with Crippen molar-refractivity contribution < 1.29 is 18.7 Å². The fourth-order valence-corrected chi connectivity index (χ4v) is 2.72. The van der Waals surface area contributed by atoms with Gasteiger partial charge in [0.15, 0.2) is 5.82 Å². The number of piperidine rings is 1. The number of rotatable bonds is 5. The molecule has 0 bridgehead atoms. The second-order valence-corrected chi connectivity index (χ2v) is 7.00. The molecule has 0 aromatic carbocycles. The maximum atomic E-state index is 12.7. The minimum atomic E-state index is -0.488. The summed E-state index contributed by atoms with van der Waals surface area (Å²) in [5.74, 6) is -0.488. The molecule has 1 fully saturated rings. The Balaban J connectivity index is 1.78. The average Bonchev–Trinajstić information content (AvgIpc) is 2.52. The van der Waals surface area contributed by atoms with Crippen molar-refractivity contribution in [2.24, 2.45) is 0 Å². The fraction of sp³-hybridized carbons (Fsp3) is 0.706. The van der Waals surface area contributed by atoms with Crippen molar-refractivity contribution in [3.63, 3.8) is 0 Å². The number of hydrogen-bond donors (Lipinski definition) is 0. The van der Waals surface area contributed by atoms with Gasteiger partial charge in [0.25, 0.3) is 0 Å². The van der Waals surface area contributed by atoms with Crippen molar-refractivity contribution in [1.29, 1.82) is 0 Å². The number of likely N-dealkylation sites (tertiary alicyclic amines) is 1. The van der Waals surface area contributed by atoms with Crippen LogP contribution < -0.4 is 4.74 Å². The molecule has 1 aromatic rings. The van der Waals surface area contributed by atoms with E-state index in [1.807, 2.05) is 25.7 Å². The van der Waals surface area contributed by atoms with Crippen LogP contribution in [0, 0.1) is 5.82 Å². The van der Waals surface area contributed by atoms with Crippen molar-refractivity contribution in [2.45, 2.75) is 64.5 Å². The lowest BCUT2D eigenvalue weighted by Gasteiger charge is -2.36. The van der Waals surface area contributed by atoms with Gasteiger partial charge in [-0.1, -0.05) is 0 Å². The van der Waals surface area contributed by atoms with Crippen LogP contribution >= 0.6 is 0 Å². The van der Waals surface area contributed by atoms with E-state index in [0.29, 0.717) is 6.61 Å². The van der Waals surface area contributed by atoms with Crippen LogP contribution in [-0.4, -0.2) is 45.8 Å². The van der Waals surface area contributed by atoms with E-state index in [1.165, 1.54) is 0 Å². The summed E-state index contributed by atoms with van der Waals surface area (Å²) in [4.78, 5) is 21.7. The molecule has 1 aliphatic heterocycles. The highest BCUT2D eigenvalue weighted by atomic mass is 19.1. The largest absolute Gasteiger partial charge is 0.463 e. The van der Waals surface area contributed by atoms with Gasteiger partial charge in [0.1, 0.15) is 5.60 Å². The maximum absolute atomic E-state index is 12.7. The molecule has 0 N–H and O–H groups in total. The van der Waals surface area contributed by atoms with E-state index < -0.39 is 11.4 Å². The zero-order valence-corrected chi connectivity index (χ0v) is 14.6. The number of hydrogen-bond acceptors (Lipinski definition) is 5. The normalized spacial score (nSPS) is 18.3. The third kappa shape index (κ3) is 5.94. The van der Waals surface area contributed by atoms with E-state index in [-0.39, 0.29) is 18.1 Å². The smallest absolute Gasteiger partial charge is 0.410 e. The number of ether oxygens (including phenoxy) is 2. The SMILES string of the molecule is CC(C)(C)OC(=O)N1CCCC[C@H]1CCCOc1ncc(F)cn1. The van der Waals surface area contributed by atoms with Gasteiger partial charge in [-0.05, 0) is 52.9 Å². The standard InChI is InChI=1S/C17H26FN3O3/c1-17(2,3)24-16(22)21-9-5-4-7-14(21)8-6-10-23-15-19-11-13(18)12-20-15/h11-12,14H,4-10H2,1-3H3/t14-/m0/s1. The van der Waals surface area contributed by atoms with Gasteiger partial charge < -0.3 is 14.4 Å². The first-order valence-corrected chi connectivity index (χ1v) is 8.45. The fourth-order valence-electron chi connectivity index (χ4n) is 2.72. The topological polar surface area (TPSA) is 64.5 Å². The summed E-state index contributed by atoms with van der Waals surface area (Å²) in [6, 6.07) is 0.343. The highest BCUT2D eigenvalue weighted by Crippen LogP contribution is 2.23. The Labute approximate surface area is 142 Å². The minimum Gasteiger partial charge on any atom is -0.463 e. The maximum Gasteiger partial charge on any atom is 0.410 e. The number of amides is 1. The molecule has 1 aromatic heterocycles. The number of aromatic nitrogens is 2. The van der Waals surface area contributed by atoms with Gasteiger partial charge in [-0.15, -0.1) is 0 Å². The quantitative estimate of drug-likeness (QED) is 0.768. The molecule has 0 spiro atoms. The lowest BCUT2D eigenvalue weighted by atomic mass is 9.98. The number of carbonyl (C=O) groups is 1. The molecule has 24 heavy (non-hydrogen) atoms. The molecular weight excluding hydrogens is 313 g/mol. The van der Waals surface area contributed by atoms with E-state index in [0.717, 1.165) is 51.0 Å². The number of carbonyl (C=O) groups excluding carboxylic acids is 1. The first kappa shape index (κ1) is 18.4. The van der Waals surface area contributed by atoms with Gasteiger partial charge in [0, 0.05) is 12.6 Å². The lowest BCUT2D eigenvalue weighted by molar-refractivity contribution is 0.00820. The molecule has 0 saturated carbocycles. The Hall–Kier alpha value is -1.92. The van der Waals surface area contributed by atoms with Gasteiger partial charge in [-0.2, -0.15) is 0 Å². The summed E-state index contributed by atoms with van der Waals surface area (Å²) in [5, 5.41) is 0. The predicted molar refractivity (Wildman–Crippen MR) is 87.3 cm³/mol. The number of halogens is 1. The molecule has 1 saturated heterocycles. The first-order valence-electron chi connectivity index (χ1n) is 8.45. The molecule has 1 aliphatic rings. The van der Waals surface area contributed by atoms with Gasteiger partial charge in [-0.25, -0.2) is 19.2 Å². The van der Waals surface area contributed by atoms with Crippen molar-refractivity contribution in [3.05, 3.63) is 18.2 Å². The van der Waals surface area contributed by atoms with Gasteiger partial charge in [0.2, 0.25) is 0 Å². The predicted octanol–water partition coefficient (Wildman–Crippen LogP) is 3.56. The molecule has 2 rings (SSSR count). The third-order valence-corrected chi connectivity index (χ3v) is 3.76. The lowest BCUT2D eigenvalue weighted by Crippen LogP contribution is -2.46. The van der Waals surface area contributed by atoms with Crippen LogP contribution in [0.4, 0.5) is 9.18 Å². The van der Waals surface area contributed by atoms with E-state index in [1.54, 1.807) is 0 Å². The molecule has 6 nitrogen and oxygen atoms in total. The molecule has 7 heteroatoms. The summed E-state index contributed by atoms with van der Waals surface area (Å²) in [6.07, 6.45) is 6.62. The summed E-state index contributed by atoms with van der Waals surface area (Å²) in [6.45, 7) is 6.80. The molecule has 2 heterocycles. The second kappa shape index (κ2) is 8.26. The van der Waals surface area contributed by atoms with E-state index in [2.05, 4.69) is 9.97 Å². The van der Waals surface area contributed by atoms with Crippen LogP contribution in [0.25, 0.3) is 0 Å². The van der Waals surface area contributed by atoms with Gasteiger partial charge in [-0.3, -0.25) is 0 Å². The van der Waals surface area contributed by atoms with Crippen molar-refractivity contribution >= 4 is 6.09 Å². The van der Waals surface area contributed by atoms with E-state index >= 15 is 0 Å². The van der Waals surface area contributed by atoms with Crippen LogP contribution in [0.1, 0.15) is 52.9 Å². The van der Waals surface area contributed by atoms with Crippen LogP contribution in [-0.2, 0) is 4.74 Å². The first-order chi connectivity index (χ1) is 11.3. The minimum absolute atomic E-state index is 0.170. The van der Waals surface area contributed by atoms with Crippen LogP contribution in [0.15, 0.2) is 12.4 Å². The van der Waals surface area contributed by atoms with Crippen LogP contribution in [0.2, 0.25) is 0 Å². The van der Waals surface area contributed by atoms with Gasteiger partial charge >= 0.3 is 12.1 Å². The summed E-state index contributed by atoms with van der Waals surface area (Å²) in [7, 11) is 0. The molecule has 0 unspecified atom stereocenters. The van der Waals surface area contributed by atoms with E-state index in [4.69, 9.17) is 9.47 Å². The Morgan fingerprint density at radius 1 is 1.33 bits per heavy atom. The molecule has 0 radical (unpaired) electrons. The van der Waals surface area contributed by atoms with Crippen molar-refractivity contribution in [3.8, 4) is 6.01 Å². The molecular formula is C17H26FN3O3. The Morgan fingerprint density at radius 2 is 2.04 bits per heavy atom. The molecule has 1 atom stereocenters. The van der Waals surface area contributed by atoms with Crippen molar-refractivity contribution in [1.82, 2.24) is 14.9 Å². The zero-order valence-electron chi connectivity index (χ0n) is 14.6. The van der Waals surface area contributed by atoms with Crippen LogP contribution in [0.3, 0.4) is 0 Å². The Kier molecular flexibility index (Phi) is 6.34. The highest BCUT2D eigenvalue weighted by Gasteiger charge is 2.30. The summed E-state index contributed by atoms with van der Waals surface area (Å²) < 4.78 is 23.6. The van der Waals surface area contributed by atoms with Crippen molar-refractivity contribution in [2.75, 3.05) is 13.2 Å². The summed E-state index contributed by atoms with van der Waals surface area (Å²) in [5.41, 5.74) is -0.484. The van der Waals surface area contributed by atoms with Gasteiger partial charge in [0.05, 0.1) is 19.0 Å². The zero-order chi connectivity index (χ0) is 17.6. The monoisotopic (exact) mass is 339 g/mol. The Bertz CT molecular complexity index is 531. The second-order valence-electron chi connectivity index (χ2n) is 7.00. The molecule has 1 amide bonds. The third-order valence-electron chi connectivity index (χ3n) is 3.76. The van der Waals surface area contributed by atoms with E-state index in [9.17, 15) is 9.18 Å². The van der Waals surface area contributed by atoms with Crippen LogP contribution in [0.5, 0.6) is 6.01 Å². The summed E-state index contributed by atoms with van der Waals surface area (Å²) >= 11 is 0. The highest BCUT2D eigenvalue weighted by molar-refractivity contribution is 5.68.